The van der Waals surface area contributed by atoms with Crippen LogP contribution in [0.15, 0.2) is 42.5 Å². The fourth-order valence-electron chi connectivity index (χ4n) is 2.77. The number of benzene rings is 2. The van der Waals surface area contributed by atoms with Gasteiger partial charge in [0.2, 0.25) is 5.91 Å². The monoisotopic (exact) mass is 436 g/mol. The number of hydrogen-bond donors (Lipinski definition) is 1. The van der Waals surface area contributed by atoms with Gasteiger partial charge >= 0.3 is 0 Å². The maximum absolute atomic E-state index is 13.0. The molecule has 0 bridgehead atoms. The molecule has 29 heavy (non-hydrogen) atoms. The van der Waals surface area contributed by atoms with Gasteiger partial charge in [0.15, 0.2) is 6.61 Å². The molecule has 2 rings (SSSR count). The minimum absolute atomic E-state index is 0.106. The lowest BCUT2D eigenvalue weighted by Gasteiger charge is -2.29. The summed E-state index contributed by atoms with van der Waals surface area (Å²) in [5.41, 5.74) is 1.62. The van der Waals surface area contributed by atoms with E-state index in [-0.39, 0.29) is 25.0 Å². The number of halogens is 2. The van der Waals surface area contributed by atoms with Gasteiger partial charge in [-0.25, -0.2) is 0 Å². The van der Waals surface area contributed by atoms with Crippen molar-refractivity contribution in [2.24, 2.45) is 0 Å². The van der Waals surface area contributed by atoms with Crippen LogP contribution in [-0.4, -0.2) is 35.9 Å². The molecule has 0 aliphatic rings. The van der Waals surface area contributed by atoms with Crippen LogP contribution < -0.4 is 10.1 Å². The van der Waals surface area contributed by atoms with Gasteiger partial charge < -0.3 is 15.0 Å². The lowest BCUT2D eigenvalue weighted by atomic mass is 10.1. The number of nitrogens with one attached hydrogen (secondary N) is 1. The smallest absolute Gasteiger partial charge is 0.261 e. The van der Waals surface area contributed by atoms with E-state index in [1.54, 1.807) is 31.2 Å². The molecule has 2 aromatic carbocycles. The number of rotatable bonds is 9. The Bertz CT molecular complexity index is 837. The Morgan fingerprint density at radius 2 is 1.79 bits per heavy atom. The molecular formula is C22H26Cl2N2O3. The standard InChI is InChI=1S/C22H26Cl2N2O3/c1-4-11-25-22(28)16(3)26(13-18-19(23)9-6-10-20(18)24)21(27)14-29-17-8-5-7-15(2)12-17/h5-10,12,16H,4,11,13-14H2,1-3H3,(H,25,28). The summed E-state index contributed by atoms with van der Waals surface area (Å²) in [7, 11) is 0. The van der Waals surface area contributed by atoms with Crippen molar-refractivity contribution in [1.29, 1.82) is 0 Å². The molecule has 2 aromatic rings. The van der Waals surface area contributed by atoms with Gasteiger partial charge in [0.1, 0.15) is 11.8 Å². The molecule has 0 radical (unpaired) electrons. The lowest BCUT2D eigenvalue weighted by molar-refractivity contribution is -0.142. The van der Waals surface area contributed by atoms with Crippen molar-refractivity contribution in [2.45, 2.75) is 39.8 Å². The van der Waals surface area contributed by atoms with Crippen LogP contribution in [0.3, 0.4) is 0 Å². The topological polar surface area (TPSA) is 58.6 Å². The molecule has 0 saturated heterocycles. The van der Waals surface area contributed by atoms with E-state index in [0.717, 1.165) is 12.0 Å². The third kappa shape index (κ3) is 6.65. The second kappa shape index (κ2) is 11.1. The molecule has 5 nitrogen and oxygen atoms in total. The van der Waals surface area contributed by atoms with E-state index < -0.39 is 6.04 Å². The SMILES string of the molecule is CCCNC(=O)C(C)N(Cc1c(Cl)cccc1Cl)C(=O)COc1cccc(C)c1. The summed E-state index contributed by atoms with van der Waals surface area (Å²) < 4.78 is 5.65. The summed E-state index contributed by atoms with van der Waals surface area (Å²) in [6, 6.07) is 11.9. The molecule has 0 aliphatic carbocycles. The Morgan fingerprint density at radius 1 is 1.14 bits per heavy atom. The highest BCUT2D eigenvalue weighted by Gasteiger charge is 2.27. The van der Waals surface area contributed by atoms with E-state index in [1.807, 2.05) is 32.0 Å². The number of hydrogen-bond acceptors (Lipinski definition) is 3. The van der Waals surface area contributed by atoms with Crippen molar-refractivity contribution in [1.82, 2.24) is 10.2 Å². The molecule has 1 atom stereocenters. The van der Waals surface area contributed by atoms with Crippen LogP contribution in [0.4, 0.5) is 0 Å². The van der Waals surface area contributed by atoms with Crippen LogP contribution in [0.1, 0.15) is 31.4 Å². The van der Waals surface area contributed by atoms with Crippen LogP contribution in [0, 0.1) is 6.92 Å². The third-order valence-corrected chi connectivity index (χ3v) is 5.17. The number of nitrogens with zero attached hydrogens (tertiary/aromatic N) is 1. The number of amides is 2. The minimum Gasteiger partial charge on any atom is -0.484 e. The van der Waals surface area contributed by atoms with Gasteiger partial charge in [-0.2, -0.15) is 0 Å². The highest BCUT2D eigenvalue weighted by atomic mass is 35.5. The van der Waals surface area contributed by atoms with Gasteiger partial charge in [-0.3, -0.25) is 9.59 Å². The Kier molecular flexibility index (Phi) is 8.80. The van der Waals surface area contributed by atoms with Crippen LogP contribution in [0.25, 0.3) is 0 Å². The normalized spacial score (nSPS) is 11.6. The molecule has 0 aromatic heterocycles. The molecular weight excluding hydrogens is 411 g/mol. The van der Waals surface area contributed by atoms with Crippen molar-refractivity contribution >= 4 is 35.0 Å². The fourth-order valence-corrected chi connectivity index (χ4v) is 3.28. The summed E-state index contributed by atoms with van der Waals surface area (Å²) in [5, 5.41) is 3.71. The molecule has 0 heterocycles. The average Bonchev–Trinajstić information content (AvgIpc) is 2.69. The molecule has 7 heteroatoms. The Labute approximate surface area is 181 Å². The average molecular weight is 437 g/mol. The maximum atomic E-state index is 13.0. The molecule has 0 fully saturated rings. The minimum atomic E-state index is -0.706. The van der Waals surface area contributed by atoms with Gasteiger partial charge in [0.25, 0.3) is 5.91 Å². The van der Waals surface area contributed by atoms with Crippen LogP contribution in [0.2, 0.25) is 10.0 Å². The number of ether oxygens (including phenoxy) is 1. The van der Waals surface area contributed by atoms with Crippen LogP contribution in [0.5, 0.6) is 5.75 Å². The Balaban J connectivity index is 2.20. The van der Waals surface area contributed by atoms with E-state index in [2.05, 4.69) is 5.32 Å². The third-order valence-electron chi connectivity index (χ3n) is 4.46. The molecule has 156 valence electrons. The summed E-state index contributed by atoms with van der Waals surface area (Å²) >= 11 is 12.6. The summed E-state index contributed by atoms with van der Waals surface area (Å²) in [5.74, 6) is 0.0257. The zero-order valence-electron chi connectivity index (χ0n) is 16.9. The molecule has 2 amide bonds. The maximum Gasteiger partial charge on any atom is 0.261 e. The second-order valence-electron chi connectivity index (χ2n) is 6.79. The number of aryl methyl sites for hydroxylation is 1. The molecule has 0 saturated carbocycles. The highest BCUT2D eigenvalue weighted by molar-refractivity contribution is 6.36. The largest absolute Gasteiger partial charge is 0.484 e. The van der Waals surface area contributed by atoms with Crippen molar-refractivity contribution in [3.63, 3.8) is 0 Å². The highest BCUT2D eigenvalue weighted by Crippen LogP contribution is 2.26. The molecule has 0 spiro atoms. The lowest BCUT2D eigenvalue weighted by Crippen LogP contribution is -2.49. The second-order valence-corrected chi connectivity index (χ2v) is 7.61. The van der Waals surface area contributed by atoms with E-state index in [0.29, 0.717) is 27.9 Å². The van der Waals surface area contributed by atoms with E-state index in [4.69, 9.17) is 27.9 Å². The van der Waals surface area contributed by atoms with E-state index >= 15 is 0 Å². The van der Waals surface area contributed by atoms with Gasteiger partial charge in [-0.15, -0.1) is 0 Å². The van der Waals surface area contributed by atoms with Crippen molar-refractivity contribution in [3.05, 3.63) is 63.6 Å². The molecule has 1 N–H and O–H groups in total. The Morgan fingerprint density at radius 3 is 2.41 bits per heavy atom. The van der Waals surface area contributed by atoms with E-state index in [9.17, 15) is 9.59 Å². The molecule has 1 unspecified atom stereocenters. The van der Waals surface area contributed by atoms with Gasteiger partial charge in [-0.05, 0) is 50.1 Å². The number of carbonyl (C=O) groups is 2. The molecule has 0 aliphatic heterocycles. The first-order chi connectivity index (χ1) is 13.8. The van der Waals surface area contributed by atoms with Gasteiger partial charge in [0, 0.05) is 28.7 Å². The van der Waals surface area contributed by atoms with Crippen molar-refractivity contribution < 1.29 is 14.3 Å². The summed E-state index contributed by atoms with van der Waals surface area (Å²) in [4.78, 5) is 26.9. The van der Waals surface area contributed by atoms with Crippen molar-refractivity contribution in [2.75, 3.05) is 13.2 Å². The fraction of sp³-hybridized carbons (Fsp3) is 0.364. The summed E-state index contributed by atoms with van der Waals surface area (Å²) in [6.45, 7) is 6.04. The first-order valence-electron chi connectivity index (χ1n) is 9.53. The van der Waals surface area contributed by atoms with Crippen LogP contribution >= 0.6 is 23.2 Å². The first-order valence-corrected chi connectivity index (χ1v) is 10.3. The zero-order valence-corrected chi connectivity index (χ0v) is 18.4. The van der Waals surface area contributed by atoms with E-state index in [1.165, 1.54) is 4.90 Å². The van der Waals surface area contributed by atoms with Gasteiger partial charge in [-0.1, -0.05) is 48.3 Å². The summed E-state index contributed by atoms with van der Waals surface area (Å²) in [6.07, 6.45) is 0.805. The van der Waals surface area contributed by atoms with Crippen LogP contribution in [-0.2, 0) is 16.1 Å². The number of carbonyl (C=O) groups excluding carboxylic acids is 2. The predicted molar refractivity (Wildman–Crippen MR) is 116 cm³/mol. The van der Waals surface area contributed by atoms with Crippen molar-refractivity contribution in [3.8, 4) is 5.75 Å². The van der Waals surface area contributed by atoms with Gasteiger partial charge in [0.05, 0.1) is 0 Å². The first kappa shape index (κ1) is 23.0. The quantitative estimate of drug-likeness (QED) is 0.623. The predicted octanol–water partition coefficient (Wildman–Crippen LogP) is 4.62. The Hall–Kier alpha value is -2.24. The zero-order chi connectivity index (χ0) is 21.4.